The number of hydrogen-bond acceptors (Lipinski definition) is 9. The second kappa shape index (κ2) is 15.9. The highest BCUT2D eigenvalue weighted by Gasteiger charge is 2.50. The summed E-state index contributed by atoms with van der Waals surface area (Å²) in [6.45, 7) is 5.17. The van der Waals surface area contributed by atoms with Crippen LogP contribution in [0.3, 0.4) is 0 Å². The third-order valence-corrected chi connectivity index (χ3v) is 7.69. The van der Waals surface area contributed by atoms with Crippen LogP contribution in [0, 0.1) is 0 Å². The average molecular weight is 575 g/mol. The number of nitrogens with zero attached hydrogens (tertiary/aromatic N) is 1. The van der Waals surface area contributed by atoms with Crippen molar-refractivity contribution in [3.63, 3.8) is 0 Å². The highest BCUT2D eigenvalue weighted by atomic mass is 16.6. The Morgan fingerprint density at radius 2 is 1.50 bits per heavy atom. The van der Waals surface area contributed by atoms with Crippen LogP contribution in [0.2, 0.25) is 0 Å². The van der Waals surface area contributed by atoms with Gasteiger partial charge in [0.2, 0.25) is 5.91 Å². The van der Waals surface area contributed by atoms with E-state index in [2.05, 4.69) is 5.32 Å². The predicted molar refractivity (Wildman–Crippen MR) is 145 cm³/mol. The van der Waals surface area contributed by atoms with E-state index in [9.17, 15) is 39.9 Å². The van der Waals surface area contributed by atoms with E-state index >= 15 is 0 Å². The second-order valence-corrected chi connectivity index (χ2v) is 12.1. The van der Waals surface area contributed by atoms with Crippen molar-refractivity contribution >= 4 is 18.0 Å². The summed E-state index contributed by atoms with van der Waals surface area (Å²) in [5.41, 5.74) is -1.86. The van der Waals surface area contributed by atoms with Gasteiger partial charge in [0.25, 0.3) is 0 Å². The number of aliphatic hydroxyl groups is 4. The molecule has 0 bridgehead atoms. The number of carboxylic acids is 1. The maximum Gasteiger partial charge on any atom is 0.411 e. The first-order valence-corrected chi connectivity index (χ1v) is 14.7. The monoisotopic (exact) mass is 574 g/mol. The fraction of sp³-hybridized carbons (Fsp3) is 0.893. The number of aliphatic hydroxyl groups excluding tert-OH is 4. The van der Waals surface area contributed by atoms with Crippen molar-refractivity contribution < 1.29 is 49.4 Å². The summed E-state index contributed by atoms with van der Waals surface area (Å²) < 4.78 is 10.7. The van der Waals surface area contributed by atoms with Gasteiger partial charge in [0.1, 0.15) is 35.6 Å². The first-order valence-electron chi connectivity index (χ1n) is 14.7. The molecule has 2 heterocycles. The molecule has 2 aliphatic rings. The molecule has 40 heavy (non-hydrogen) atoms. The minimum Gasteiger partial charge on any atom is -0.479 e. The van der Waals surface area contributed by atoms with Crippen LogP contribution >= 0.6 is 0 Å². The Hall–Kier alpha value is -1.99. The molecule has 0 aromatic rings. The van der Waals surface area contributed by atoms with Crippen molar-refractivity contribution in [1.29, 1.82) is 0 Å². The highest BCUT2D eigenvalue weighted by molar-refractivity contribution is 5.85. The topological polar surface area (TPSA) is 186 Å². The summed E-state index contributed by atoms with van der Waals surface area (Å²) in [5.74, 6) is -1.30. The van der Waals surface area contributed by atoms with Gasteiger partial charge in [0.15, 0.2) is 6.23 Å². The number of hydrogen-bond donors (Lipinski definition) is 6. The molecule has 0 aliphatic carbocycles. The molecule has 2 fully saturated rings. The molecule has 2 amide bonds. The van der Waals surface area contributed by atoms with Gasteiger partial charge in [-0.25, -0.2) is 9.59 Å². The smallest absolute Gasteiger partial charge is 0.411 e. The van der Waals surface area contributed by atoms with Crippen LogP contribution in [0.25, 0.3) is 0 Å². The van der Waals surface area contributed by atoms with E-state index in [1.165, 1.54) is 4.90 Å². The Kier molecular flexibility index (Phi) is 13.6. The molecule has 0 radical (unpaired) electrons. The molecule has 12 heteroatoms. The van der Waals surface area contributed by atoms with Crippen LogP contribution in [0.1, 0.15) is 104 Å². The largest absolute Gasteiger partial charge is 0.479 e. The fourth-order valence-corrected chi connectivity index (χ4v) is 5.44. The van der Waals surface area contributed by atoms with Gasteiger partial charge in [-0.2, -0.15) is 0 Å². The first-order chi connectivity index (χ1) is 18.8. The van der Waals surface area contributed by atoms with Gasteiger partial charge < -0.3 is 40.3 Å². The molecule has 6 N–H and O–H groups in total. The zero-order chi connectivity index (χ0) is 29.9. The maximum absolute atomic E-state index is 12.6. The molecular formula is C28H50N2O10. The van der Waals surface area contributed by atoms with Crippen LogP contribution < -0.4 is 5.32 Å². The maximum atomic E-state index is 12.6. The van der Waals surface area contributed by atoms with E-state index in [0.29, 0.717) is 32.2 Å². The Morgan fingerprint density at radius 1 is 0.925 bits per heavy atom. The van der Waals surface area contributed by atoms with Crippen LogP contribution in [0.5, 0.6) is 0 Å². The highest BCUT2D eigenvalue weighted by Crippen LogP contribution is 2.36. The number of aliphatic carboxylic acids is 1. The van der Waals surface area contributed by atoms with Crippen LogP contribution in [-0.4, -0.2) is 103 Å². The Labute approximate surface area is 237 Å². The number of amides is 2. The zero-order valence-electron chi connectivity index (χ0n) is 24.2. The van der Waals surface area contributed by atoms with E-state index in [1.54, 1.807) is 20.8 Å². The zero-order valence-corrected chi connectivity index (χ0v) is 24.2. The summed E-state index contributed by atoms with van der Waals surface area (Å²) in [4.78, 5) is 38.4. The van der Waals surface area contributed by atoms with Crippen LogP contribution in [0.4, 0.5) is 4.79 Å². The number of carbonyl (C=O) groups excluding carboxylic acids is 2. The van der Waals surface area contributed by atoms with Crippen molar-refractivity contribution in [3.8, 4) is 0 Å². The Bertz CT molecular complexity index is 817. The standard InChI is InChI=1S/C28H50N2O10/c1-27(2,3)40-26(38)30-17-13-16-28(30,25(36)37)15-12-10-8-6-4-5-7-9-11-14-20(32)29-24-23(35)22(34)21(33)19(18-31)39-24/h19,21-24,31,33-35H,4-18H2,1-3H3,(H,29,32)(H,36,37)/t19-,21-,22+,23-,24-,28+/m1/s1. The normalized spacial score (nSPS) is 28.9. The van der Waals surface area contributed by atoms with E-state index in [1.807, 2.05) is 0 Å². The van der Waals surface area contributed by atoms with Gasteiger partial charge in [-0.3, -0.25) is 9.69 Å². The lowest BCUT2D eigenvalue weighted by Crippen LogP contribution is -2.63. The van der Waals surface area contributed by atoms with Gasteiger partial charge in [-0.1, -0.05) is 51.4 Å². The molecule has 0 aromatic carbocycles. The molecule has 0 unspecified atom stereocenters. The third kappa shape index (κ3) is 9.83. The second-order valence-electron chi connectivity index (χ2n) is 12.1. The molecule has 232 valence electrons. The Balaban J connectivity index is 1.56. The number of carboxylic acid groups (broad SMARTS) is 1. The molecule has 2 saturated heterocycles. The van der Waals surface area contributed by atoms with Gasteiger partial charge in [0.05, 0.1) is 6.61 Å². The SMILES string of the molecule is CC(C)(C)OC(=O)N1CCC[C@@]1(CCCCCCCCCCCC(=O)N[C@@H]1O[C@H](CO)[C@@H](O)[C@H](O)[C@H]1O)C(=O)O. The van der Waals surface area contributed by atoms with Crippen molar-refractivity contribution in [2.75, 3.05) is 13.2 Å². The summed E-state index contributed by atoms with van der Waals surface area (Å²) in [6.07, 6.45) is 2.71. The third-order valence-electron chi connectivity index (χ3n) is 7.69. The fourth-order valence-electron chi connectivity index (χ4n) is 5.44. The van der Waals surface area contributed by atoms with Crippen molar-refractivity contribution in [2.45, 2.75) is 146 Å². The molecule has 2 aliphatic heterocycles. The average Bonchev–Trinajstić information content (AvgIpc) is 3.32. The summed E-state index contributed by atoms with van der Waals surface area (Å²) in [5, 5.41) is 51.3. The molecule has 0 aromatic heterocycles. The number of ether oxygens (including phenoxy) is 2. The molecule has 6 atom stereocenters. The molecular weight excluding hydrogens is 524 g/mol. The molecule has 0 spiro atoms. The first kappa shape index (κ1) is 34.2. The number of rotatable bonds is 15. The predicted octanol–water partition coefficient (Wildman–Crippen LogP) is 2.05. The van der Waals surface area contributed by atoms with Gasteiger partial charge in [-0.05, 0) is 46.5 Å². The summed E-state index contributed by atoms with van der Waals surface area (Å²) >= 11 is 0. The Morgan fingerprint density at radius 3 is 2.05 bits per heavy atom. The van der Waals surface area contributed by atoms with E-state index in [4.69, 9.17) is 9.47 Å². The molecule has 12 nitrogen and oxygen atoms in total. The quantitative estimate of drug-likeness (QED) is 0.158. The van der Waals surface area contributed by atoms with Crippen LogP contribution in [0.15, 0.2) is 0 Å². The number of nitrogens with one attached hydrogen (secondary N) is 1. The van der Waals surface area contributed by atoms with Crippen molar-refractivity contribution in [2.24, 2.45) is 0 Å². The minimum absolute atomic E-state index is 0.237. The van der Waals surface area contributed by atoms with E-state index in [-0.39, 0.29) is 12.3 Å². The lowest BCUT2D eigenvalue weighted by Gasteiger charge is -2.40. The lowest BCUT2D eigenvalue weighted by atomic mass is 9.89. The number of unbranched alkanes of at least 4 members (excludes halogenated alkanes) is 8. The molecule has 2 rings (SSSR count). The van der Waals surface area contributed by atoms with E-state index < -0.39 is 60.5 Å². The molecule has 0 saturated carbocycles. The number of likely N-dealkylation sites (tertiary alicyclic amines) is 1. The lowest BCUT2D eigenvalue weighted by molar-refractivity contribution is -0.236. The van der Waals surface area contributed by atoms with Gasteiger partial charge in [-0.15, -0.1) is 0 Å². The van der Waals surface area contributed by atoms with Gasteiger partial charge in [0, 0.05) is 13.0 Å². The van der Waals surface area contributed by atoms with E-state index in [0.717, 1.165) is 51.4 Å². The van der Waals surface area contributed by atoms with Crippen molar-refractivity contribution in [3.05, 3.63) is 0 Å². The number of carbonyl (C=O) groups is 3. The summed E-state index contributed by atoms with van der Waals surface area (Å²) in [7, 11) is 0. The van der Waals surface area contributed by atoms with Crippen molar-refractivity contribution in [1.82, 2.24) is 10.2 Å². The van der Waals surface area contributed by atoms with Gasteiger partial charge >= 0.3 is 12.1 Å². The minimum atomic E-state index is -1.52. The van der Waals surface area contributed by atoms with Crippen LogP contribution in [-0.2, 0) is 19.1 Å². The summed E-state index contributed by atoms with van der Waals surface area (Å²) in [6, 6.07) is 0.